The first-order chi connectivity index (χ1) is 16.3. The zero-order valence-electron chi connectivity index (χ0n) is 18.6. The first-order valence-electron chi connectivity index (χ1n) is 10.9. The SMILES string of the molecule is Cc1ccc(S(=O)(=O)N2CCc3ccccc3C2CC(=O)OCC(=O)c2cccc(Br)c2)cc1. The largest absolute Gasteiger partial charge is 0.457 e. The normalized spacial score (nSPS) is 16.0. The number of halogens is 1. The van der Waals surface area contributed by atoms with Gasteiger partial charge in [0.2, 0.25) is 10.0 Å². The van der Waals surface area contributed by atoms with Crippen molar-refractivity contribution in [3.8, 4) is 0 Å². The highest BCUT2D eigenvalue weighted by atomic mass is 79.9. The van der Waals surface area contributed by atoms with Crippen LogP contribution in [-0.2, 0) is 26.0 Å². The van der Waals surface area contributed by atoms with Gasteiger partial charge in [0.25, 0.3) is 0 Å². The van der Waals surface area contributed by atoms with Crippen LogP contribution in [0.5, 0.6) is 0 Å². The van der Waals surface area contributed by atoms with Crippen molar-refractivity contribution >= 4 is 37.7 Å². The number of Topliss-reactive ketones (excluding diaryl/α,β-unsaturated/α-hetero) is 1. The van der Waals surface area contributed by atoms with Gasteiger partial charge in [-0.1, -0.05) is 70.0 Å². The predicted molar refractivity (Wildman–Crippen MR) is 132 cm³/mol. The van der Waals surface area contributed by atoms with Gasteiger partial charge in [-0.25, -0.2) is 8.42 Å². The summed E-state index contributed by atoms with van der Waals surface area (Å²) < 4.78 is 34.4. The summed E-state index contributed by atoms with van der Waals surface area (Å²) in [5.41, 5.74) is 3.16. The Morgan fingerprint density at radius 1 is 1.03 bits per heavy atom. The van der Waals surface area contributed by atoms with Gasteiger partial charge in [-0.15, -0.1) is 0 Å². The van der Waals surface area contributed by atoms with Crippen LogP contribution in [0.4, 0.5) is 0 Å². The van der Waals surface area contributed by atoms with Gasteiger partial charge in [-0.2, -0.15) is 4.31 Å². The number of esters is 1. The van der Waals surface area contributed by atoms with Crippen molar-refractivity contribution in [2.45, 2.75) is 30.7 Å². The number of fused-ring (bicyclic) bond motifs is 1. The number of benzene rings is 3. The molecule has 3 aromatic carbocycles. The van der Waals surface area contributed by atoms with Gasteiger partial charge in [-0.3, -0.25) is 9.59 Å². The van der Waals surface area contributed by atoms with E-state index in [1.165, 1.54) is 4.31 Å². The van der Waals surface area contributed by atoms with Crippen LogP contribution in [0.2, 0.25) is 0 Å². The van der Waals surface area contributed by atoms with Crippen molar-refractivity contribution in [1.82, 2.24) is 4.31 Å². The van der Waals surface area contributed by atoms with Crippen molar-refractivity contribution in [3.05, 3.63) is 99.5 Å². The second-order valence-corrected chi connectivity index (χ2v) is 11.0. The third kappa shape index (κ3) is 5.29. The Bertz CT molecular complexity index is 1320. The third-order valence-electron chi connectivity index (χ3n) is 5.86. The van der Waals surface area contributed by atoms with E-state index in [2.05, 4.69) is 15.9 Å². The Morgan fingerprint density at radius 3 is 2.50 bits per heavy atom. The van der Waals surface area contributed by atoms with E-state index < -0.39 is 28.6 Å². The van der Waals surface area contributed by atoms with Crippen LogP contribution in [0.25, 0.3) is 0 Å². The number of hydrogen-bond donors (Lipinski definition) is 0. The maximum absolute atomic E-state index is 13.5. The van der Waals surface area contributed by atoms with Gasteiger partial charge < -0.3 is 4.74 Å². The van der Waals surface area contributed by atoms with Crippen LogP contribution in [0.3, 0.4) is 0 Å². The van der Waals surface area contributed by atoms with E-state index in [1.807, 2.05) is 31.2 Å². The molecule has 1 unspecified atom stereocenters. The van der Waals surface area contributed by atoms with E-state index in [0.717, 1.165) is 21.2 Å². The molecule has 176 valence electrons. The molecule has 0 aromatic heterocycles. The highest BCUT2D eigenvalue weighted by molar-refractivity contribution is 9.10. The van der Waals surface area contributed by atoms with Gasteiger partial charge in [0.1, 0.15) is 0 Å². The molecule has 1 atom stereocenters. The minimum Gasteiger partial charge on any atom is -0.457 e. The molecule has 0 saturated carbocycles. The van der Waals surface area contributed by atoms with Gasteiger partial charge in [-0.05, 0) is 48.7 Å². The van der Waals surface area contributed by atoms with E-state index in [4.69, 9.17) is 4.74 Å². The number of ether oxygens (including phenoxy) is 1. The Labute approximate surface area is 207 Å². The number of sulfonamides is 1. The molecule has 8 heteroatoms. The number of carbonyl (C=O) groups is 2. The molecule has 0 saturated heterocycles. The van der Waals surface area contributed by atoms with Crippen LogP contribution in [0.1, 0.15) is 39.5 Å². The molecule has 0 bridgehead atoms. The maximum Gasteiger partial charge on any atom is 0.308 e. The summed E-state index contributed by atoms with van der Waals surface area (Å²) in [6.07, 6.45) is 0.363. The Kier molecular flexibility index (Phi) is 7.30. The lowest BCUT2D eigenvalue weighted by Crippen LogP contribution is -2.41. The van der Waals surface area contributed by atoms with E-state index in [0.29, 0.717) is 12.0 Å². The minimum absolute atomic E-state index is 0.181. The summed E-state index contributed by atoms with van der Waals surface area (Å²) in [5, 5.41) is 0. The Hall–Kier alpha value is -2.81. The zero-order chi connectivity index (χ0) is 24.3. The highest BCUT2D eigenvalue weighted by Gasteiger charge is 2.37. The monoisotopic (exact) mass is 541 g/mol. The summed E-state index contributed by atoms with van der Waals surface area (Å²) in [7, 11) is -3.84. The predicted octanol–water partition coefficient (Wildman–Crippen LogP) is 4.86. The topological polar surface area (TPSA) is 80.8 Å². The lowest BCUT2D eigenvalue weighted by atomic mass is 9.92. The van der Waals surface area contributed by atoms with Crippen LogP contribution in [0, 0.1) is 6.92 Å². The number of hydrogen-bond acceptors (Lipinski definition) is 5. The lowest BCUT2D eigenvalue weighted by Gasteiger charge is -2.36. The smallest absolute Gasteiger partial charge is 0.308 e. The second kappa shape index (κ2) is 10.2. The molecule has 0 aliphatic carbocycles. The van der Waals surface area contributed by atoms with Crippen molar-refractivity contribution in [3.63, 3.8) is 0 Å². The molecule has 4 rings (SSSR count). The van der Waals surface area contributed by atoms with Gasteiger partial charge in [0.15, 0.2) is 12.4 Å². The fourth-order valence-electron chi connectivity index (χ4n) is 4.08. The quantitative estimate of drug-likeness (QED) is 0.315. The molecule has 34 heavy (non-hydrogen) atoms. The third-order valence-corrected chi connectivity index (χ3v) is 8.28. The summed E-state index contributed by atoms with van der Waals surface area (Å²) in [4.78, 5) is 25.4. The fraction of sp³-hybridized carbons (Fsp3) is 0.231. The highest BCUT2D eigenvalue weighted by Crippen LogP contribution is 2.36. The Balaban J connectivity index is 1.55. The second-order valence-electron chi connectivity index (χ2n) is 8.19. The van der Waals surface area contributed by atoms with Crippen LogP contribution in [-0.4, -0.2) is 37.6 Å². The molecular weight excluding hydrogens is 518 g/mol. The molecule has 0 N–H and O–H groups in total. The van der Waals surface area contributed by atoms with E-state index >= 15 is 0 Å². The van der Waals surface area contributed by atoms with E-state index in [1.54, 1.807) is 48.5 Å². The van der Waals surface area contributed by atoms with Gasteiger partial charge in [0, 0.05) is 16.6 Å². The van der Waals surface area contributed by atoms with Crippen LogP contribution >= 0.6 is 15.9 Å². The lowest BCUT2D eigenvalue weighted by molar-refractivity contribution is -0.143. The summed E-state index contributed by atoms with van der Waals surface area (Å²) in [5.74, 6) is -0.961. The molecular formula is C26H24BrNO5S. The summed E-state index contributed by atoms with van der Waals surface area (Å²) in [6, 6.07) is 20.3. The molecule has 0 spiro atoms. The molecule has 1 aliphatic rings. The number of ketones is 1. The maximum atomic E-state index is 13.5. The summed E-state index contributed by atoms with van der Waals surface area (Å²) in [6.45, 7) is 1.73. The van der Waals surface area contributed by atoms with E-state index in [-0.39, 0.29) is 23.6 Å². The summed E-state index contributed by atoms with van der Waals surface area (Å²) >= 11 is 3.32. The van der Waals surface area contributed by atoms with Crippen molar-refractivity contribution in [2.75, 3.05) is 13.2 Å². The molecule has 1 heterocycles. The molecule has 3 aromatic rings. The number of aryl methyl sites for hydroxylation is 1. The first kappa shape index (κ1) is 24.3. The molecule has 0 radical (unpaired) electrons. The molecule has 0 amide bonds. The average Bonchev–Trinajstić information content (AvgIpc) is 2.83. The van der Waals surface area contributed by atoms with Crippen molar-refractivity contribution in [2.24, 2.45) is 0 Å². The van der Waals surface area contributed by atoms with Crippen LogP contribution in [0.15, 0.2) is 82.2 Å². The Morgan fingerprint density at radius 2 is 1.76 bits per heavy atom. The van der Waals surface area contributed by atoms with Crippen molar-refractivity contribution < 1.29 is 22.7 Å². The van der Waals surface area contributed by atoms with Crippen LogP contribution < -0.4 is 0 Å². The molecule has 0 fully saturated rings. The number of nitrogens with zero attached hydrogens (tertiary/aromatic N) is 1. The average molecular weight is 542 g/mol. The fourth-order valence-corrected chi connectivity index (χ4v) is 6.09. The van der Waals surface area contributed by atoms with Crippen molar-refractivity contribution in [1.29, 1.82) is 0 Å². The minimum atomic E-state index is -3.84. The first-order valence-corrected chi connectivity index (χ1v) is 13.1. The van der Waals surface area contributed by atoms with Gasteiger partial charge in [0.05, 0.1) is 17.4 Å². The zero-order valence-corrected chi connectivity index (χ0v) is 21.0. The molecule has 6 nitrogen and oxygen atoms in total. The standard InChI is InChI=1S/C26H24BrNO5S/c1-18-9-11-22(12-10-18)34(31,32)28-14-13-19-5-2-3-8-23(19)24(28)16-26(30)33-17-25(29)20-6-4-7-21(27)15-20/h2-12,15,24H,13-14,16-17H2,1H3. The number of rotatable bonds is 7. The van der Waals surface area contributed by atoms with E-state index in [9.17, 15) is 18.0 Å². The number of carbonyl (C=O) groups excluding carboxylic acids is 2. The molecule has 1 aliphatic heterocycles. The van der Waals surface area contributed by atoms with Gasteiger partial charge >= 0.3 is 5.97 Å².